The Kier molecular flexibility index (Phi) is 9.05. The number of hydrogen-bond acceptors (Lipinski definition) is 4. The third kappa shape index (κ3) is 11.8. The molecule has 7 nitrogen and oxygen atoms in total. The molecule has 170 valence electrons. The molecule has 1 amide bonds. The lowest BCUT2D eigenvalue weighted by Crippen LogP contribution is -2.49. The molecule has 0 saturated carbocycles. The molecular weight excluding hydrogens is 387 g/mol. The van der Waals surface area contributed by atoms with Crippen LogP contribution in [0.15, 0.2) is 4.99 Å². The van der Waals surface area contributed by atoms with Gasteiger partial charge in [-0.15, -0.1) is 0 Å². The van der Waals surface area contributed by atoms with Crippen molar-refractivity contribution >= 4 is 12.1 Å². The number of nitrogens with zero attached hydrogens (tertiary/aromatic N) is 2. The first-order valence-corrected chi connectivity index (χ1v) is 10.0. The van der Waals surface area contributed by atoms with E-state index in [0.29, 0.717) is 45.1 Å². The summed E-state index contributed by atoms with van der Waals surface area (Å²) in [4.78, 5) is 17.9. The van der Waals surface area contributed by atoms with Crippen LogP contribution in [0, 0.1) is 5.92 Å². The Hall–Kier alpha value is -1.71. The van der Waals surface area contributed by atoms with Gasteiger partial charge in [0, 0.05) is 19.6 Å². The van der Waals surface area contributed by atoms with Gasteiger partial charge in [-0.3, -0.25) is 9.89 Å². The maximum atomic E-state index is 12.5. The highest BCUT2D eigenvalue weighted by atomic mass is 19.4. The predicted molar refractivity (Wildman–Crippen MR) is 108 cm³/mol. The van der Waals surface area contributed by atoms with Crippen LogP contribution in [0.2, 0.25) is 0 Å². The molecule has 1 rings (SSSR count). The summed E-state index contributed by atoms with van der Waals surface area (Å²) < 4.78 is 42.8. The Balaban J connectivity index is 2.52. The first-order chi connectivity index (χ1) is 13.2. The molecular formula is C19H36F3N5O2. The summed E-state index contributed by atoms with van der Waals surface area (Å²) in [5, 5.41) is 9.12. The van der Waals surface area contributed by atoms with Crippen LogP contribution in [0.5, 0.6) is 0 Å². The zero-order valence-corrected chi connectivity index (χ0v) is 18.4. The molecule has 0 aromatic carbocycles. The molecule has 1 unspecified atom stereocenters. The number of guanidine groups is 1. The van der Waals surface area contributed by atoms with Crippen molar-refractivity contribution in [1.29, 1.82) is 0 Å². The third-order valence-corrected chi connectivity index (χ3v) is 4.15. The highest BCUT2D eigenvalue weighted by Crippen LogP contribution is 2.22. The minimum Gasteiger partial charge on any atom is -0.444 e. The van der Waals surface area contributed by atoms with E-state index in [1.54, 1.807) is 20.8 Å². The predicted octanol–water partition coefficient (Wildman–Crippen LogP) is 2.73. The summed E-state index contributed by atoms with van der Waals surface area (Å²) >= 11 is 0. The Bertz CT molecular complexity index is 559. The van der Waals surface area contributed by atoms with E-state index in [2.05, 4.69) is 20.9 Å². The Labute approximate surface area is 171 Å². The molecule has 29 heavy (non-hydrogen) atoms. The number of rotatable bonds is 7. The quantitative estimate of drug-likeness (QED) is 0.434. The van der Waals surface area contributed by atoms with Gasteiger partial charge in [-0.2, -0.15) is 13.2 Å². The van der Waals surface area contributed by atoms with Crippen molar-refractivity contribution in [2.45, 2.75) is 65.3 Å². The van der Waals surface area contributed by atoms with E-state index in [0.717, 1.165) is 0 Å². The molecule has 1 saturated heterocycles. The van der Waals surface area contributed by atoms with E-state index < -0.39 is 30.0 Å². The summed E-state index contributed by atoms with van der Waals surface area (Å²) in [6.45, 7) is 12.5. The lowest BCUT2D eigenvalue weighted by Gasteiger charge is -2.27. The monoisotopic (exact) mass is 423 g/mol. The van der Waals surface area contributed by atoms with E-state index in [4.69, 9.17) is 4.74 Å². The average Bonchev–Trinajstić information content (AvgIpc) is 2.92. The van der Waals surface area contributed by atoms with Crippen molar-refractivity contribution in [3.8, 4) is 0 Å². The van der Waals surface area contributed by atoms with Gasteiger partial charge in [-0.1, -0.05) is 0 Å². The largest absolute Gasteiger partial charge is 0.444 e. The second kappa shape index (κ2) is 10.4. The van der Waals surface area contributed by atoms with Gasteiger partial charge in [0.15, 0.2) is 5.96 Å². The number of carbonyl (C=O) groups excluding carboxylic acids is 1. The van der Waals surface area contributed by atoms with Gasteiger partial charge in [-0.25, -0.2) is 4.79 Å². The highest BCUT2D eigenvalue weighted by molar-refractivity contribution is 5.79. The number of amides is 1. The van der Waals surface area contributed by atoms with E-state index in [9.17, 15) is 18.0 Å². The van der Waals surface area contributed by atoms with Gasteiger partial charge < -0.3 is 20.7 Å². The molecule has 0 aliphatic carbocycles. The minimum atomic E-state index is -4.16. The minimum absolute atomic E-state index is 0.133. The van der Waals surface area contributed by atoms with Crippen LogP contribution in [0.4, 0.5) is 18.0 Å². The number of ether oxygens (including phenoxy) is 1. The van der Waals surface area contributed by atoms with Gasteiger partial charge in [0.1, 0.15) is 5.60 Å². The summed E-state index contributed by atoms with van der Waals surface area (Å²) in [7, 11) is 0. The molecule has 1 fully saturated rings. The fourth-order valence-electron chi connectivity index (χ4n) is 2.96. The molecule has 0 bridgehead atoms. The Morgan fingerprint density at radius 3 is 2.38 bits per heavy atom. The molecule has 0 spiro atoms. The van der Waals surface area contributed by atoms with Gasteiger partial charge in [0.2, 0.25) is 0 Å². The molecule has 1 aliphatic rings. The number of likely N-dealkylation sites (tertiary alicyclic amines) is 1. The van der Waals surface area contributed by atoms with Gasteiger partial charge in [0.25, 0.3) is 0 Å². The number of halogens is 3. The number of nitrogens with one attached hydrogen (secondary N) is 3. The smallest absolute Gasteiger partial charge is 0.408 e. The van der Waals surface area contributed by atoms with Crippen LogP contribution < -0.4 is 16.0 Å². The fraction of sp³-hybridized carbons (Fsp3) is 0.895. The second-order valence-electron chi connectivity index (χ2n) is 9.09. The van der Waals surface area contributed by atoms with Crippen LogP contribution in [0.1, 0.15) is 48.0 Å². The van der Waals surface area contributed by atoms with Crippen LogP contribution in [0.3, 0.4) is 0 Å². The molecule has 1 atom stereocenters. The van der Waals surface area contributed by atoms with Crippen molar-refractivity contribution in [3.05, 3.63) is 0 Å². The van der Waals surface area contributed by atoms with E-state index in [1.165, 1.54) is 4.90 Å². The summed E-state index contributed by atoms with van der Waals surface area (Å²) in [5.41, 5.74) is -1.21. The topological polar surface area (TPSA) is 78.0 Å². The fourth-order valence-corrected chi connectivity index (χ4v) is 2.96. The molecule has 1 aliphatic heterocycles. The number of hydrogen-bond donors (Lipinski definition) is 3. The van der Waals surface area contributed by atoms with E-state index in [1.807, 2.05) is 20.8 Å². The lowest BCUT2D eigenvalue weighted by molar-refractivity contribution is -0.143. The van der Waals surface area contributed by atoms with E-state index in [-0.39, 0.29) is 5.92 Å². The zero-order chi connectivity index (χ0) is 22.3. The maximum absolute atomic E-state index is 12.5. The zero-order valence-electron chi connectivity index (χ0n) is 18.4. The van der Waals surface area contributed by atoms with Gasteiger partial charge in [-0.05, 0) is 60.4 Å². The second-order valence-corrected chi connectivity index (χ2v) is 9.09. The van der Waals surface area contributed by atoms with Crippen LogP contribution in [0.25, 0.3) is 0 Å². The van der Waals surface area contributed by atoms with Crippen LogP contribution >= 0.6 is 0 Å². The first-order valence-electron chi connectivity index (χ1n) is 10.0. The van der Waals surface area contributed by atoms with Crippen molar-refractivity contribution in [1.82, 2.24) is 20.9 Å². The van der Waals surface area contributed by atoms with Crippen molar-refractivity contribution in [2.75, 3.05) is 39.3 Å². The Morgan fingerprint density at radius 2 is 1.83 bits per heavy atom. The van der Waals surface area contributed by atoms with Gasteiger partial charge in [0.05, 0.1) is 18.6 Å². The molecule has 10 heteroatoms. The van der Waals surface area contributed by atoms with Crippen molar-refractivity contribution < 1.29 is 22.7 Å². The third-order valence-electron chi connectivity index (χ3n) is 4.15. The van der Waals surface area contributed by atoms with E-state index >= 15 is 0 Å². The molecule has 0 aromatic heterocycles. The van der Waals surface area contributed by atoms with Crippen LogP contribution in [-0.2, 0) is 4.74 Å². The summed E-state index contributed by atoms with van der Waals surface area (Å²) in [6, 6.07) is 0. The molecule has 0 aromatic rings. The standard InChI is InChI=1S/C19H36F3N5O2/c1-7-23-15(24-10-14-8-9-27(11-14)13-19(20,21)22)25-12-18(5,6)26-16(28)29-17(2,3)4/h14H,7-13H2,1-6H3,(H,26,28)(H2,23,24,25). The van der Waals surface area contributed by atoms with Crippen molar-refractivity contribution in [3.63, 3.8) is 0 Å². The average molecular weight is 424 g/mol. The number of alkyl halides is 3. The summed E-state index contributed by atoms with van der Waals surface area (Å²) in [5.74, 6) is 0.704. The van der Waals surface area contributed by atoms with Gasteiger partial charge >= 0.3 is 12.3 Å². The Morgan fingerprint density at radius 1 is 1.17 bits per heavy atom. The number of aliphatic imine (C=N–C) groups is 1. The normalized spacial score (nSPS) is 19.2. The summed E-state index contributed by atoms with van der Waals surface area (Å²) in [6.07, 6.45) is -3.95. The maximum Gasteiger partial charge on any atom is 0.408 e. The molecule has 3 N–H and O–H groups in total. The molecule has 1 heterocycles. The highest BCUT2D eigenvalue weighted by Gasteiger charge is 2.34. The first kappa shape index (κ1) is 25.3. The lowest BCUT2D eigenvalue weighted by atomic mass is 10.1. The number of carbonyl (C=O) groups is 1. The van der Waals surface area contributed by atoms with Crippen LogP contribution in [-0.4, -0.2) is 73.5 Å². The molecule has 0 radical (unpaired) electrons. The SMILES string of the molecule is CCNC(=NCC(C)(C)NC(=O)OC(C)(C)C)NCC1CCN(CC(F)(F)F)C1. The van der Waals surface area contributed by atoms with Crippen molar-refractivity contribution in [2.24, 2.45) is 10.9 Å². The number of alkyl carbamates (subject to hydrolysis) is 1.